The summed E-state index contributed by atoms with van der Waals surface area (Å²) in [6.45, 7) is 4.89. The molecule has 0 atom stereocenters. The molecular formula is C13H17FN2O. The van der Waals surface area contributed by atoms with Gasteiger partial charge in [0.15, 0.2) is 0 Å². The molecule has 1 fully saturated rings. The third kappa shape index (κ3) is 3.02. The molecule has 2 rings (SSSR count). The van der Waals surface area contributed by atoms with Gasteiger partial charge in [0.25, 0.3) is 5.91 Å². The third-order valence-electron chi connectivity index (χ3n) is 2.78. The molecule has 0 aromatic carbocycles. The van der Waals surface area contributed by atoms with Gasteiger partial charge in [0.1, 0.15) is 0 Å². The van der Waals surface area contributed by atoms with E-state index in [4.69, 9.17) is 0 Å². The van der Waals surface area contributed by atoms with Gasteiger partial charge >= 0.3 is 0 Å². The molecule has 4 heteroatoms. The van der Waals surface area contributed by atoms with E-state index in [2.05, 4.69) is 18.8 Å². The van der Waals surface area contributed by atoms with Crippen LogP contribution in [0.15, 0.2) is 18.3 Å². The number of halogens is 1. The van der Waals surface area contributed by atoms with Crippen LogP contribution in [0.4, 0.5) is 4.39 Å². The van der Waals surface area contributed by atoms with E-state index in [0.29, 0.717) is 17.5 Å². The first-order chi connectivity index (χ1) is 8.08. The number of hydrogen-bond donors (Lipinski definition) is 0. The number of amides is 1. The van der Waals surface area contributed by atoms with Crippen molar-refractivity contribution >= 4 is 5.91 Å². The molecule has 3 nitrogen and oxygen atoms in total. The Morgan fingerprint density at radius 2 is 2.29 bits per heavy atom. The normalized spacial score (nSPS) is 15.1. The van der Waals surface area contributed by atoms with Crippen LogP contribution in [0.25, 0.3) is 0 Å². The van der Waals surface area contributed by atoms with Crippen LogP contribution in [-0.4, -0.2) is 28.4 Å². The van der Waals surface area contributed by atoms with Crippen LogP contribution in [0, 0.1) is 11.9 Å². The molecule has 0 spiro atoms. The maximum absolute atomic E-state index is 13.0. The Hall–Kier alpha value is -1.45. The summed E-state index contributed by atoms with van der Waals surface area (Å²) in [6, 6.07) is 3.13. The zero-order chi connectivity index (χ0) is 12.4. The average Bonchev–Trinajstić information content (AvgIpc) is 3.08. The molecule has 1 heterocycles. The molecule has 1 amide bonds. The minimum atomic E-state index is -0.601. The van der Waals surface area contributed by atoms with Crippen LogP contribution in [0.3, 0.4) is 0 Å². The lowest BCUT2D eigenvalue weighted by Crippen LogP contribution is -2.36. The summed E-state index contributed by atoms with van der Waals surface area (Å²) in [5.74, 6) is -0.259. The summed E-state index contributed by atoms with van der Waals surface area (Å²) in [7, 11) is 0. The first-order valence-corrected chi connectivity index (χ1v) is 6.00. The van der Waals surface area contributed by atoms with Crippen LogP contribution >= 0.6 is 0 Å². The van der Waals surface area contributed by atoms with Gasteiger partial charge < -0.3 is 4.90 Å². The quantitative estimate of drug-likeness (QED) is 0.752. The number of rotatable bonds is 4. The van der Waals surface area contributed by atoms with Gasteiger partial charge in [0.2, 0.25) is 5.95 Å². The van der Waals surface area contributed by atoms with Gasteiger partial charge in [0.05, 0.1) is 0 Å². The summed E-state index contributed by atoms with van der Waals surface area (Å²) in [5.41, 5.74) is 0.394. The van der Waals surface area contributed by atoms with Gasteiger partial charge in [-0.1, -0.05) is 13.8 Å². The number of carbonyl (C=O) groups excluding carboxylic acids is 1. The molecule has 0 saturated heterocycles. The topological polar surface area (TPSA) is 33.2 Å². The number of carbonyl (C=O) groups is 1. The Bertz CT molecular complexity index is 416. The zero-order valence-corrected chi connectivity index (χ0v) is 10.2. The summed E-state index contributed by atoms with van der Waals surface area (Å²) in [6.07, 6.45) is 3.46. The van der Waals surface area contributed by atoms with Crippen molar-refractivity contribution < 1.29 is 9.18 Å². The molecule has 92 valence electrons. The second-order valence-corrected chi connectivity index (χ2v) is 4.95. The van der Waals surface area contributed by atoms with E-state index in [0.717, 1.165) is 19.4 Å². The highest BCUT2D eigenvalue weighted by Crippen LogP contribution is 2.29. The van der Waals surface area contributed by atoms with E-state index >= 15 is 0 Å². The minimum absolute atomic E-state index is 0.0810. The van der Waals surface area contributed by atoms with Crippen LogP contribution in [-0.2, 0) is 0 Å². The summed E-state index contributed by atoms with van der Waals surface area (Å²) < 4.78 is 13.0. The molecule has 0 radical (unpaired) electrons. The monoisotopic (exact) mass is 236 g/mol. The smallest absolute Gasteiger partial charge is 0.254 e. The lowest BCUT2D eigenvalue weighted by molar-refractivity contribution is 0.0722. The van der Waals surface area contributed by atoms with E-state index in [1.807, 2.05) is 4.90 Å². The Morgan fingerprint density at radius 1 is 1.59 bits per heavy atom. The maximum Gasteiger partial charge on any atom is 0.254 e. The molecule has 0 unspecified atom stereocenters. The first kappa shape index (κ1) is 12.0. The number of pyridine rings is 1. The van der Waals surface area contributed by atoms with E-state index in [1.54, 1.807) is 6.07 Å². The van der Waals surface area contributed by atoms with Crippen LogP contribution < -0.4 is 0 Å². The first-order valence-electron chi connectivity index (χ1n) is 6.00. The van der Waals surface area contributed by atoms with Crippen molar-refractivity contribution in [2.24, 2.45) is 5.92 Å². The maximum atomic E-state index is 13.0. The van der Waals surface area contributed by atoms with Gasteiger partial charge in [-0.25, -0.2) is 4.98 Å². The molecule has 1 saturated carbocycles. The van der Waals surface area contributed by atoms with Gasteiger partial charge in [-0.2, -0.15) is 4.39 Å². The molecule has 1 aromatic rings. The molecule has 0 aliphatic heterocycles. The van der Waals surface area contributed by atoms with Crippen molar-refractivity contribution in [3.05, 3.63) is 29.8 Å². The Labute approximate surface area is 101 Å². The fourth-order valence-electron chi connectivity index (χ4n) is 1.88. The SMILES string of the molecule is CC(C)CN(C(=O)c1ccnc(F)c1)C1CC1. The molecule has 1 aliphatic carbocycles. The van der Waals surface area contributed by atoms with E-state index in [-0.39, 0.29) is 5.91 Å². The molecule has 1 aliphatic rings. The largest absolute Gasteiger partial charge is 0.335 e. The molecular weight excluding hydrogens is 219 g/mol. The molecule has 17 heavy (non-hydrogen) atoms. The van der Waals surface area contributed by atoms with Gasteiger partial charge in [-0.3, -0.25) is 4.79 Å². The van der Waals surface area contributed by atoms with Crippen molar-refractivity contribution in [2.75, 3.05) is 6.54 Å². The van der Waals surface area contributed by atoms with Gasteiger partial charge in [-0.15, -0.1) is 0 Å². The standard InChI is InChI=1S/C13H17FN2O/c1-9(2)8-16(11-3-4-11)13(17)10-5-6-15-12(14)7-10/h5-7,9,11H,3-4,8H2,1-2H3. The molecule has 0 bridgehead atoms. The lowest BCUT2D eigenvalue weighted by Gasteiger charge is -2.24. The minimum Gasteiger partial charge on any atom is -0.335 e. The van der Waals surface area contributed by atoms with E-state index < -0.39 is 5.95 Å². The van der Waals surface area contributed by atoms with Crippen molar-refractivity contribution in [1.29, 1.82) is 0 Å². The highest BCUT2D eigenvalue weighted by atomic mass is 19.1. The number of nitrogens with zero attached hydrogens (tertiary/aromatic N) is 2. The number of aromatic nitrogens is 1. The predicted octanol–water partition coefficient (Wildman–Crippen LogP) is 2.48. The summed E-state index contributed by atoms with van der Waals surface area (Å²) in [5, 5.41) is 0. The fraction of sp³-hybridized carbons (Fsp3) is 0.538. The van der Waals surface area contributed by atoms with Crippen LogP contribution in [0.5, 0.6) is 0 Å². The predicted molar refractivity (Wildman–Crippen MR) is 63.1 cm³/mol. The summed E-state index contributed by atoms with van der Waals surface area (Å²) >= 11 is 0. The molecule has 1 aromatic heterocycles. The second kappa shape index (κ2) is 4.82. The van der Waals surface area contributed by atoms with Gasteiger partial charge in [-0.05, 0) is 24.8 Å². The Kier molecular flexibility index (Phi) is 3.41. The van der Waals surface area contributed by atoms with Crippen molar-refractivity contribution in [2.45, 2.75) is 32.7 Å². The van der Waals surface area contributed by atoms with Crippen LogP contribution in [0.2, 0.25) is 0 Å². The Morgan fingerprint density at radius 3 is 2.82 bits per heavy atom. The van der Waals surface area contributed by atoms with Crippen molar-refractivity contribution in [1.82, 2.24) is 9.88 Å². The third-order valence-corrected chi connectivity index (χ3v) is 2.78. The van der Waals surface area contributed by atoms with Crippen LogP contribution in [0.1, 0.15) is 37.0 Å². The number of hydrogen-bond acceptors (Lipinski definition) is 2. The van der Waals surface area contributed by atoms with Crippen molar-refractivity contribution in [3.63, 3.8) is 0 Å². The van der Waals surface area contributed by atoms with E-state index in [9.17, 15) is 9.18 Å². The zero-order valence-electron chi connectivity index (χ0n) is 10.2. The highest BCUT2D eigenvalue weighted by Gasteiger charge is 2.33. The van der Waals surface area contributed by atoms with Gasteiger partial charge in [0, 0.05) is 30.4 Å². The lowest BCUT2D eigenvalue weighted by atomic mass is 10.1. The molecule has 0 N–H and O–H groups in total. The second-order valence-electron chi connectivity index (χ2n) is 4.95. The Balaban J connectivity index is 2.15. The highest BCUT2D eigenvalue weighted by molar-refractivity contribution is 5.94. The van der Waals surface area contributed by atoms with E-state index in [1.165, 1.54) is 12.3 Å². The summed E-state index contributed by atoms with van der Waals surface area (Å²) in [4.78, 5) is 17.6. The fourth-order valence-corrected chi connectivity index (χ4v) is 1.88. The average molecular weight is 236 g/mol. The van der Waals surface area contributed by atoms with Crippen molar-refractivity contribution in [3.8, 4) is 0 Å².